The molecule has 0 bridgehead atoms. The van der Waals surface area contributed by atoms with Crippen molar-refractivity contribution >= 4 is 0 Å². The number of nitrogens with zero attached hydrogens (tertiary/aromatic N) is 1. The minimum absolute atomic E-state index is 0.395. The van der Waals surface area contributed by atoms with Gasteiger partial charge < -0.3 is 0 Å². The predicted octanol–water partition coefficient (Wildman–Crippen LogP) is 3.43. The molecule has 0 saturated heterocycles. The van der Waals surface area contributed by atoms with E-state index in [1.54, 1.807) is 0 Å². The molecule has 1 heteroatoms. The van der Waals surface area contributed by atoms with E-state index in [9.17, 15) is 5.26 Å². The summed E-state index contributed by atoms with van der Waals surface area (Å²) in [5.41, 5.74) is 0.689. The van der Waals surface area contributed by atoms with Crippen molar-refractivity contribution in [3.8, 4) is 6.07 Å². The molecule has 1 aromatic carbocycles. The van der Waals surface area contributed by atoms with E-state index >= 15 is 0 Å². The molecule has 0 amide bonds. The molecule has 1 nitrogen and oxygen atoms in total. The highest BCUT2D eigenvalue weighted by Crippen LogP contribution is 2.26. The molecule has 0 aromatic heterocycles. The molecule has 0 aliphatic heterocycles. The summed E-state index contributed by atoms with van der Waals surface area (Å²) in [5, 5.41) is 9.18. The fraction of sp³-hybridized carbons (Fsp3) is 0.308. The predicted molar refractivity (Wildman–Crippen MR) is 58.8 cm³/mol. The Morgan fingerprint density at radius 3 is 2.50 bits per heavy atom. The Morgan fingerprint density at radius 1 is 1.36 bits per heavy atom. The Labute approximate surface area is 85.7 Å². The zero-order valence-corrected chi connectivity index (χ0v) is 8.70. The fourth-order valence-electron chi connectivity index (χ4n) is 1.39. The quantitative estimate of drug-likeness (QED) is 0.662. The lowest BCUT2D eigenvalue weighted by Gasteiger charge is -2.19. The average molecular weight is 185 g/mol. The molecule has 1 rings (SSSR count). The van der Waals surface area contributed by atoms with E-state index in [1.807, 2.05) is 56.3 Å². The number of nitriles is 1. The van der Waals surface area contributed by atoms with Crippen molar-refractivity contribution in [2.45, 2.75) is 25.7 Å². The van der Waals surface area contributed by atoms with Crippen molar-refractivity contribution in [2.75, 3.05) is 0 Å². The molecule has 1 unspecified atom stereocenters. The lowest BCUT2D eigenvalue weighted by Crippen LogP contribution is -2.18. The van der Waals surface area contributed by atoms with E-state index in [0.29, 0.717) is 0 Å². The summed E-state index contributed by atoms with van der Waals surface area (Å²) in [6.07, 6.45) is 4.79. The van der Waals surface area contributed by atoms with Crippen molar-refractivity contribution in [3.63, 3.8) is 0 Å². The molecular formula is C13H15N. The minimum Gasteiger partial charge on any atom is -0.197 e. The maximum Gasteiger partial charge on any atom is 0.0828 e. The highest BCUT2D eigenvalue weighted by atomic mass is 14.3. The van der Waals surface area contributed by atoms with Crippen molar-refractivity contribution < 1.29 is 0 Å². The third-order valence-electron chi connectivity index (χ3n) is 2.42. The molecule has 0 aliphatic carbocycles. The minimum atomic E-state index is -0.395. The molecule has 0 heterocycles. The van der Waals surface area contributed by atoms with Crippen molar-refractivity contribution in [3.05, 3.63) is 48.0 Å². The van der Waals surface area contributed by atoms with Crippen molar-refractivity contribution in [1.29, 1.82) is 5.26 Å². The van der Waals surface area contributed by atoms with Crippen LogP contribution in [0.4, 0.5) is 0 Å². The normalized spacial score (nSPS) is 14.9. The van der Waals surface area contributed by atoms with Crippen LogP contribution in [0.15, 0.2) is 42.5 Å². The summed E-state index contributed by atoms with van der Waals surface area (Å²) in [6, 6.07) is 12.3. The maximum atomic E-state index is 9.18. The van der Waals surface area contributed by atoms with Crippen LogP contribution < -0.4 is 0 Å². The molecule has 0 spiro atoms. The summed E-state index contributed by atoms with van der Waals surface area (Å²) < 4.78 is 0. The zero-order chi connectivity index (χ0) is 10.4. The third kappa shape index (κ3) is 2.23. The number of benzene rings is 1. The topological polar surface area (TPSA) is 23.8 Å². The van der Waals surface area contributed by atoms with E-state index in [2.05, 4.69) is 6.07 Å². The van der Waals surface area contributed by atoms with Gasteiger partial charge in [-0.25, -0.2) is 0 Å². The Bertz CT molecular complexity index is 345. The van der Waals surface area contributed by atoms with Crippen LogP contribution in [0, 0.1) is 11.3 Å². The number of hydrogen-bond acceptors (Lipinski definition) is 1. The molecule has 1 atom stereocenters. The maximum absolute atomic E-state index is 9.18. The highest BCUT2D eigenvalue weighted by molar-refractivity contribution is 5.31. The first-order chi connectivity index (χ1) is 6.73. The Hall–Kier alpha value is -1.55. The monoisotopic (exact) mass is 185 g/mol. The van der Waals surface area contributed by atoms with Crippen LogP contribution in [0.25, 0.3) is 0 Å². The largest absolute Gasteiger partial charge is 0.197 e. The van der Waals surface area contributed by atoms with Gasteiger partial charge in [0.15, 0.2) is 0 Å². The van der Waals surface area contributed by atoms with Gasteiger partial charge in [0, 0.05) is 0 Å². The molecule has 1 aromatic rings. The second-order valence-electron chi connectivity index (χ2n) is 3.58. The van der Waals surface area contributed by atoms with Gasteiger partial charge in [0.05, 0.1) is 11.5 Å². The number of rotatable bonds is 3. The van der Waals surface area contributed by atoms with Gasteiger partial charge in [-0.15, -0.1) is 0 Å². The van der Waals surface area contributed by atoms with E-state index in [1.165, 1.54) is 0 Å². The molecule has 0 saturated carbocycles. The Morgan fingerprint density at radius 2 is 2.00 bits per heavy atom. The van der Waals surface area contributed by atoms with Crippen LogP contribution >= 0.6 is 0 Å². The van der Waals surface area contributed by atoms with Gasteiger partial charge in [-0.05, 0) is 25.8 Å². The van der Waals surface area contributed by atoms with Crippen molar-refractivity contribution in [1.82, 2.24) is 0 Å². The van der Waals surface area contributed by atoms with Crippen LogP contribution in [-0.2, 0) is 5.41 Å². The smallest absolute Gasteiger partial charge is 0.0828 e. The molecule has 0 aliphatic rings. The van der Waals surface area contributed by atoms with Gasteiger partial charge in [-0.3, -0.25) is 0 Å². The summed E-state index contributed by atoms with van der Waals surface area (Å²) >= 11 is 0. The molecule has 0 fully saturated rings. The van der Waals surface area contributed by atoms with Gasteiger partial charge in [-0.2, -0.15) is 5.26 Å². The molecule has 14 heavy (non-hydrogen) atoms. The van der Waals surface area contributed by atoms with Crippen LogP contribution in [0.1, 0.15) is 25.8 Å². The SMILES string of the molecule is CC=CCC(C)(C#N)c1ccccc1. The van der Waals surface area contributed by atoms with Gasteiger partial charge >= 0.3 is 0 Å². The second-order valence-corrected chi connectivity index (χ2v) is 3.58. The second kappa shape index (κ2) is 4.62. The first-order valence-corrected chi connectivity index (χ1v) is 4.81. The van der Waals surface area contributed by atoms with E-state index in [0.717, 1.165) is 12.0 Å². The molecule has 0 N–H and O–H groups in total. The lowest BCUT2D eigenvalue weighted by atomic mass is 9.81. The van der Waals surface area contributed by atoms with Gasteiger partial charge in [0.25, 0.3) is 0 Å². The Balaban J connectivity index is 2.97. The summed E-state index contributed by atoms with van der Waals surface area (Å²) in [6.45, 7) is 3.95. The van der Waals surface area contributed by atoms with Crippen molar-refractivity contribution in [2.24, 2.45) is 0 Å². The third-order valence-corrected chi connectivity index (χ3v) is 2.42. The number of hydrogen-bond donors (Lipinski definition) is 0. The number of allylic oxidation sites excluding steroid dienone is 2. The summed E-state index contributed by atoms with van der Waals surface area (Å²) in [4.78, 5) is 0. The molecular weight excluding hydrogens is 170 g/mol. The van der Waals surface area contributed by atoms with E-state index < -0.39 is 5.41 Å². The van der Waals surface area contributed by atoms with Crippen LogP contribution in [0.2, 0.25) is 0 Å². The van der Waals surface area contributed by atoms with Gasteiger partial charge in [0.1, 0.15) is 0 Å². The lowest BCUT2D eigenvalue weighted by molar-refractivity contribution is 0.620. The first-order valence-electron chi connectivity index (χ1n) is 4.81. The van der Waals surface area contributed by atoms with Crippen LogP contribution in [0.5, 0.6) is 0 Å². The van der Waals surface area contributed by atoms with Crippen LogP contribution in [0.3, 0.4) is 0 Å². The first kappa shape index (κ1) is 10.5. The fourth-order valence-corrected chi connectivity index (χ4v) is 1.39. The standard InChI is InChI=1S/C13H15N/c1-3-4-10-13(2,11-14)12-8-6-5-7-9-12/h3-9H,10H2,1-2H3. The van der Waals surface area contributed by atoms with Gasteiger partial charge in [-0.1, -0.05) is 42.5 Å². The average Bonchev–Trinajstić information content (AvgIpc) is 2.27. The highest BCUT2D eigenvalue weighted by Gasteiger charge is 2.24. The Kier molecular flexibility index (Phi) is 3.48. The van der Waals surface area contributed by atoms with E-state index in [-0.39, 0.29) is 0 Å². The molecule has 72 valence electrons. The van der Waals surface area contributed by atoms with Gasteiger partial charge in [0.2, 0.25) is 0 Å². The van der Waals surface area contributed by atoms with Crippen LogP contribution in [-0.4, -0.2) is 0 Å². The van der Waals surface area contributed by atoms with E-state index in [4.69, 9.17) is 0 Å². The zero-order valence-electron chi connectivity index (χ0n) is 8.70. The molecule has 0 radical (unpaired) electrons. The summed E-state index contributed by atoms with van der Waals surface area (Å²) in [7, 11) is 0. The summed E-state index contributed by atoms with van der Waals surface area (Å²) in [5.74, 6) is 0.